The summed E-state index contributed by atoms with van der Waals surface area (Å²) in [5, 5.41) is 0. The summed E-state index contributed by atoms with van der Waals surface area (Å²) >= 11 is 0. The molecule has 0 fully saturated rings. The largest absolute Gasteiger partial charge is 0.370 e. The van der Waals surface area contributed by atoms with Crippen molar-refractivity contribution in [1.82, 2.24) is 4.98 Å². The maximum Gasteiger partial charge on any atom is 0.0895 e. The van der Waals surface area contributed by atoms with Gasteiger partial charge < -0.3 is 10.2 Å². The zero-order valence-corrected chi connectivity index (χ0v) is 8.87. The molecule has 0 saturated carbocycles. The Kier molecular flexibility index (Phi) is 3.43. The Morgan fingerprint density at radius 1 is 1.50 bits per heavy atom. The van der Waals surface area contributed by atoms with Crippen LogP contribution in [-0.2, 0) is 11.3 Å². The van der Waals surface area contributed by atoms with Crippen molar-refractivity contribution in [3.8, 4) is 0 Å². The lowest BCUT2D eigenvalue weighted by Crippen LogP contribution is -2.19. The number of nitrogens with one attached hydrogen (secondary N) is 1. The fourth-order valence-electron chi connectivity index (χ4n) is 0.937. The van der Waals surface area contributed by atoms with Gasteiger partial charge >= 0.3 is 0 Å². The van der Waals surface area contributed by atoms with Gasteiger partial charge in [-0.3, -0.25) is 10.8 Å². The number of anilines is 1. The molecule has 1 aromatic heterocycles. The highest BCUT2D eigenvalue weighted by Gasteiger charge is 2.10. The fourth-order valence-corrected chi connectivity index (χ4v) is 0.937. The minimum Gasteiger partial charge on any atom is -0.370 e. The molecule has 0 aliphatic heterocycles. The van der Waals surface area contributed by atoms with Gasteiger partial charge in [0.25, 0.3) is 0 Å². The van der Waals surface area contributed by atoms with Crippen molar-refractivity contribution in [3.05, 3.63) is 24.0 Å². The highest BCUT2D eigenvalue weighted by atomic mass is 16.5. The van der Waals surface area contributed by atoms with Crippen molar-refractivity contribution in [2.45, 2.75) is 33.0 Å². The topological polar surface area (TPSA) is 60.2 Å². The average Bonchev–Trinajstić information content (AvgIpc) is 2.14. The Morgan fingerprint density at radius 2 is 2.21 bits per heavy atom. The van der Waals surface area contributed by atoms with Crippen LogP contribution in [0, 0.1) is 0 Å². The van der Waals surface area contributed by atoms with Gasteiger partial charge in [0.05, 0.1) is 23.6 Å². The summed E-state index contributed by atoms with van der Waals surface area (Å²) in [6.45, 7) is 6.53. The van der Waals surface area contributed by atoms with Crippen LogP contribution in [0.3, 0.4) is 0 Å². The number of nitrogen functional groups attached to an aromatic ring is 1. The van der Waals surface area contributed by atoms with Crippen molar-refractivity contribution in [2.24, 2.45) is 5.84 Å². The molecule has 0 unspecified atom stereocenters. The zero-order valence-electron chi connectivity index (χ0n) is 8.87. The van der Waals surface area contributed by atoms with E-state index in [1.54, 1.807) is 12.3 Å². The van der Waals surface area contributed by atoms with Crippen LogP contribution in [0.25, 0.3) is 0 Å². The van der Waals surface area contributed by atoms with Crippen LogP contribution >= 0.6 is 0 Å². The molecule has 0 saturated heterocycles. The predicted molar refractivity (Wildman–Crippen MR) is 56.6 cm³/mol. The van der Waals surface area contributed by atoms with E-state index in [1.165, 1.54) is 0 Å². The highest BCUT2D eigenvalue weighted by Crippen LogP contribution is 2.12. The van der Waals surface area contributed by atoms with E-state index < -0.39 is 0 Å². The molecule has 0 radical (unpaired) electrons. The van der Waals surface area contributed by atoms with Crippen molar-refractivity contribution in [3.63, 3.8) is 0 Å². The number of hydrazine groups is 1. The van der Waals surface area contributed by atoms with Gasteiger partial charge in [0.1, 0.15) is 0 Å². The third-order valence-electron chi connectivity index (χ3n) is 1.64. The summed E-state index contributed by atoms with van der Waals surface area (Å²) < 4.78 is 5.58. The van der Waals surface area contributed by atoms with E-state index in [9.17, 15) is 0 Å². The van der Waals surface area contributed by atoms with Gasteiger partial charge in [-0.25, -0.2) is 0 Å². The first kappa shape index (κ1) is 10.9. The van der Waals surface area contributed by atoms with Gasteiger partial charge in [-0.05, 0) is 32.9 Å². The molecule has 1 aromatic rings. The molecule has 1 rings (SSSR count). The van der Waals surface area contributed by atoms with E-state index in [0.717, 1.165) is 11.4 Å². The second kappa shape index (κ2) is 4.39. The van der Waals surface area contributed by atoms with Crippen LogP contribution in [-0.4, -0.2) is 10.6 Å². The summed E-state index contributed by atoms with van der Waals surface area (Å²) in [6.07, 6.45) is 1.70. The Hall–Kier alpha value is -1.13. The van der Waals surface area contributed by atoms with Gasteiger partial charge in [-0.15, -0.1) is 0 Å². The molecular weight excluding hydrogens is 178 g/mol. The number of aromatic nitrogens is 1. The maximum atomic E-state index is 5.58. The van der Waals surface area contributed by atoms with Crippen molar-refractivity contribution in [2.75, 3.05) is 5.43 Å². The number of hydrogen-bond donors (Lipinski definition) is 2. The standard InChI is InChI=1S/C10H17N3O/c1-10(2,3)14-7-9-6-8(13-11)4-5-12-9/h4-6H,7,11H2,1-3H3,(H,12,13). The summed E-state index contributed by atoms with van der Waals surface area (Å²) in [5.41, 5.74) is 4.13. The lowest BCUT2D eigenvalue weighted by atomic mass is 10.2. The van der Waals surface area contributed by atoms with E-state index in [0.29, 0.717) is 6.61 Å². The molecule has 0 bridgehead atoms. The lowest BCUT2D eigenvalue weighted by molar-refractivity contribution is -0.0164. The van der Waals surface area contributed by atoms with Crippen LogP contribution in [0.1, 0.15) is 26.5 Å². The van der Waals surface area contributed by atoms with E-state index in [-0.39, 0.29) is 5.60 Å². The third kappa shape index (κ3) is 3.72. The fraction of sp³-hybridized carbons (Fsp3) is 0.500. The number of nitrogens with two attached hydrogens (primary N) is 1. The molecule has 0 aromatic carbocycles. The van der Waals surface area contributed by atoms with Crippen molar-refractivity contribution in [1.29, 1.82) is 0 Å². The summed E-state index contributed by atoms with van der Waals surface area (Å²) in [4.78, 5) is 4.17. The van der Waals surface area contributed by atoms with Gasteiger partial charge in [-0.1, -0.05) is 0 Å². The third-order valence-corrected chi connectivity index (χ3v) is 1.64. The Morgan fingerprint density at radius 3 is 2.79 bits per heavy atom. The molecule has 4 nitrogen and oxygen atoms in total. The maximum absolute atomic E-state index is 5.58. The minimum absolute atomic E-state index is 0.145. The first-order chi connectivity index (χ1) is 6.51. The van der Waals surface area contributed by atoms with Gasteiger partial charge in [0.2, 0.25) is 0 Å². The first-order valence-corrected chi connectivity index (χ1v) is 4.57. The molecule has 0 spiro atoms. The SMILES string of the molecule is CC(C)(C)OCc1cc(NN)ccn1. The number of ether oxygens (including phenoxy) is 1. The second-order valence-corrected chi connectivity index (χ2v) is 4.08. The first-order valence-electron chi connectivity index (χ1n) is 4.57. The Labute approximate surface area is 84.4 Å². The summed E-state index contributed by atoms with van der Waals surface area (Å²) in [5.74, 6) is 5.28. The molecule has 14 heavy (non-hydrogen) atoms. The molecule has 0 amide bonds. The van der Waals surface area contributed by atoms with Crippen LogP contribution < -0.4 is 11.3 Å². The molecule has 4 heteroatoms. The second-order valence-electron chi connectivity index (χ2n) is 4.08. The van der Waals surface area contributed by atoms with Crippen molar-refractivity contribution < 1.29 is 4.74 Å². The molecular formula is C10H17N3O. The van der Waals surface area contributed by atoms with E-state index in [4.69, 9.17) is 10.6 Å². The number of nitrogens with zero attached hydrogens (tertiary/aromatic N) is 1. The molecule has 0 aliphatic carbocycles. The summed E-state index contributed by atoms with van der Waals surface area (Å²) in [7, 11) is 0. The molecule has 0 aliphatic rings. The van der Waals surface area contributed by atoms with Gasteiger partial charge in [-0.2, -0.15) is 0 Å². The van der Waals surface area contributed by atoms with Gasteiger partial charge in [0, 0.05) is 6.20 Å². The monoisotopic (exact) mass is 195 g/mol. The number of pyridine rings is 1. The Balaban J connectivity index is 2.59. The van der Waals surface area contributed by atoms with E-state index in [1.807, 2.05) is 26.8 Å². The average molecular weight is 195 g/mol. The highest BCUT2D eigenvalue weighted by molar-refractivity contribution is 5.41. The van der Waals surface area contributed by atoms with Crippen LogP contribution in [0.5, 0.6) is 0 Å². The minimum atomic E-state index is -0.145. The van der Waals surface area contributed by atoms with E-state index in [2.05, 4.69) is 10.4 Å². The van der Waals surface area contributed by atoms with Gasteiger partial charge in [0.15, 0.2) is 0 Å². The number of rotatable bonds is 3. The van der Waals surface area contributed by atoms with Crippen LogP contribution in [0.2, 0.25) is 0 Å². The van der Waals surface area contributed by atoms with Crippen LogP contribution in [0.4, 0.5) is 5.69 Å². The zero-order chi connectivity index (χ0) is 10.6. The van der Waals surface area contributed by atoms with Crippen LogP contribution in [0.15, 0.2) is 18.3 Å². The van der Waals surface area contributed by atoms with Crippen molar-refractivity contribution >= 4 is 5.69 Å². The molecule has 78 valence electrons. The molecule has 3 N–H and O–H groups in total. The predicted octanol–water partition coefficient (Wildman–Crippen LogP) is 1.68. The Bertz CT molecular complexity index is 294. The normalized spacial score (nSPS) is 11.4. The quantitative estimate of drug-likeness (QED) is 0.569. The number of hydrogen-bond acceptors (Lipinski definition) is 4. The summed E-state index contributed by atoms with van der Waals surface area (Å²) in [6, 6.07) is 3.67. The molecule has 1 heterocycles. The lowest BCUT2D eigenvalue weighted by Gasteiger charge is -2.19. The smallest absolute Gasteiger partial charge is 0.0895 e. The van der Waals surface area contributed by atoms with E-state index >= 15 is 0 Å². The molecule has 0 atom stereocenters.